The van der Waals surface area contributed by atoms with Crippen molar-refractivity contribution in [1.29, 1.82) is 0 Å². The van der Waals surface area contributed by atoms with Crippen molar-refractivity contribution in [2.24, 2.45) is 12.9 Å². The third kappa shape index (κ3) is 1.75. The standard InChI is InChI=1S/C11H20N4O/c1-15-8-7-13-10(15)9(14-12)11(16-2)5-3-4-6-11/h7-9,14H,3-6,12H2,1-2H3. The molecule has 5 nitrogen and oxygen atoms in total. The lowest BCUT2D eigenvalue weighted by Crippen LogP contribution is -2.47. The van der Waals surface area contributed by atoms with Crippen molar-refractivity contribution in [3.05, 3.63) is 18.2 Å². The van der Waals surface area contributed by atoms with E-state index in [0.717, 1.165) is 18.7 Å². The first-order valence-electron chi connectivity index (χ1n) is 5.72. The molecular formula is C11H20N4O. The number of hydrazine groups is 1. The van der Waals surface area contributed by atoms with Crippen LogP contribution in [0.4, 0.5) is 0 Å². The number of methoxy groups -OCH3 is 1. The number of nitrogens with two attached hydrogens (primary N) is 1. The van der Waals surface area contributed by atoms with Gasteiger partial charge in [0.1, 0.15) is 11.9 Å². The van der Waals surface area contributed by atoms with E-state index < -0.39 is 0 Å². The second-order valence-corrected chi connectivity index (χ2v) is 4.47. The minimum atomic E-state index is -0.201. The molecule has 1 aromatic heterocycles. The molecule has 5 heteroatoms. The van der Waals surface area contributed by atoms with Gasteiger partial charge in [0.25, 0.3) is 0 Å². The maximum Gasteiger partial charge on any atom is 0.129 e. The average molecular weight is 224 g/mol. The van der Waals surface area contributed by atoms with Crippen molar-refractivity contribution >= 4 is 0 Å². The van der Waals surface area contributed by atoms with E-state index in [2.05, 4.69) is 10.4 Å². The van der Waals surface area contributed by atoms with E-state index in [1.807, 2.05) is 17.8 Å². The second-order valence-electron chi connectivity index (χ2n) is 4.47. The number of hydrogen-bond donors (Lipinski definition) is 2. The Morgan fingerprint density at radius 3 is 2.69 bits per heavy atom. The van der Waals surface area contributed by atoms with Gasteiger partial charge in [0.15, 0.2) is 0 Å². The van der Waals surface area contributed by atoms with Crippen LogP contribution in [0.1, 0.15) is 37.5 Å². The molecule has 0 aromatic carbocycles. The summed E-state index contributed by atoms with van der Waals surface area (Å²) in [6.07, 6.45) is 8.17. The minimum absolute atomic E-state index is 0.0417. The smallest absolute Gasteiger partial charge is 0.129 e. The summed E-state index contributed by atoms with van der Waals surface area (Å²) in [6, 6.07) is -0.0417. The van der Waals surface area contributed by atoms with Crippen LogP contribution < -0.4 is 11.3 Å². The molecule has 1 saturated carbocycles. The van der Waals surface area contributed by atoms with Gasteiger partial charge in [-0.2, -0.15) is 0 Å². The van der Waals surface area contributed by atoms with Crippen LogP contribution in [0.2, 0.25) is 0 Å². The minimum Gasteiger partial charge on any atom is -0.376 e. The molecule has 1 fully saturated rings. The number of aryl methyl sites for hydroxylation is 1. The summed E-state index contributed by atoms with van der Waals surface area (Å²) in [5, 5.41) is 0. The van der Waals surface area contributed by atoms with Crippen LogP contribution >= 0.6 is 0 Å². The summed E-state index contributed by atoms with van der Waals surface area (Å²) in [6.45, 7) is 0. The first-order valence-corrected chi connectivity index (χ1v) is 5.72. The maximum atomic E-state index is 5.73. The molecule has 0 radical (unpaired) electrons. The van der Waals surface area contributed by atoms with E-state index in [0.29, 0.717) is 0 Å². The SMILES string of the molecule is COC1(C(NN)c2nccn2C)CCCC1. The number of nitrogens with one attached hydrogen (secondary N) is 1. The van der Waals surface area contributed by atoms with Crippen molar-refractivity contribution in [1.82, 2.24) is 15.0 Å². The normalized spacial score (nSPS) is 21.2. The zero-order valence-electron chi connectivity index (χ0n) is 9.94. The van der Waals surface area contributed by atoms with Crippen molar-refractivity contribution in [2.45, 2.75) is 37.3 Å². The largest absolute Gasteiger partial charge is 0.376 e. The van der Waals surface area contributed by atoms with Gasteiger partial charge in [-0.15, -0.1) is 0 Å². The molecule has 1 aromatic rings. The molecular weight excluding hydrogens is 204 g/mol. The van der Waals surface area contributed by atoms with Gasteiger partial charge in [0.05, 0.1) is 5.60 Å². The van der Waals surface area contributed by atoms with Gasteiger partial charge < -0.3 is 9.30 Å². The fourth-order valence-electron chi connectivity index (χ4n) is 2.70. The van der Waals surface area contributed by atoms with Crippen LogP contribution in [-0.2, 0) is 11.8 Å². The lowest BCUT2D eigenvalue weighted by Gasteiger charge is -2.35. The highest BCUT2D eigenvalue weighted by molar-refractivity contribution is 5.09. The van der Waals surface area contributed by atoms with Gasteiger partial charge in [-0.3, -0.25) is 5.84 Å². The maximum absolute atomic E-state index is 5.73. The Labute approximate surface area is 96.0 Å². The van der Waals surface area contributed by atoms with E-state index in [1.54, 1.807) is 13.3 Å². The monoisotopic (exact) mass is 224 g/mol. The van der Waals surface area contributed by atoms with Gasteiger partial charge in [0, 0.05) is 26.6 Å². The Kier molecular flexibility index (Phi) is 3.28. The molecule has 0 amide bonds. The molecule has 0 aliphatic heterocycles. The van der Waals surface area contributed by atoms with Gasteiger partial charge in [-0.05, 0) is 12.8 Å². The molecule has 0 saturated heterocycles. The molecule has 16 heavy (non-hydrogen) atoms. The average Bonchev–Trinajstić information content (AvgIpc) is 2.91. The number of imidazole rings is 1. The Morgan fingerprint density at radius 1 is 1.56 bits per heavy atom. The van der Waals surface area contributed by atoms with Crippen molar-refractivity contribution in [3.8, 4) is 0 Å². The molecule has 2 rings (SSSR count). The van der Waals surface area contributed by atoms with Crippen molar-refractivity contribution in [3.63, 3.8) is 0 Å². The van der Waals surface area contributed by atoms with E-state index in [9.17, 15) is 0 Å². The summed E-state index contributed by atoms with van der Waals surface area (Å²) in [4.78, 5) is 4.36. The summed E-state index contributed by atoms with van der Waals surface area (Å²) < 4.78 is 7.72. The van der Waals surface area contributed by atoms with Gasteiger partial charge >= 0.3 is 0 Å². The number of ether oxygens (including phenoxy) is 1. The van der Waals surface area contributed by atoms with Crippen LogP contribution in [0.15, 0.2) is 12.4 Å². The van der Waals surface area contributed by atoms with Crippen molar-refractivity contribution < 1.29 is 4.74 Å². The molecule has 1 unspecified atom stereocenters. The van der Waals surface area contributed by atoms with Crippen LogP contribution in [0, 0.1) is 0 Å². The third-order valence-corrected chi connectivity index (χ3v) is 3.67. The third-order valence-electron chi connectivity index (χ3n) is 3.67. The lowest BCUT2D eigenvalue weighted by atomic mass is 9.91. The topological polar surface area (TPSA) is 65.1 Å². The van der Waals surface area contributed by atoms with Crippen molar-refractivity contribution in [2.75, 3.05) is 7.11 Å². The second kappa shape index (κ2) is 4.53. The quantitative estimate of drug-likeness (QED) is 0.588. The van der Waals surface area contributed by atoms with Gasteiger partial charge in [0.2, 0.25) is 0 Å². The summed E-state index contributed by atoms with van der Waals surface area (Å²) >= 11 is 0. The molecule has 0 spiro atoms. The zero-order valence-corrected chi connectivity index (χ0v) is 9.94. The fourth-order valence-corrected chi connectivity index (χ4v) is 2.70. The molecule has 3 N–H and O–H groups in total. The molecule has 1 atom stereocenters. The van der Waals surface area contributed by atoms with Gasteiger partial charge in [-0.1, -0.05) is 12.8 Å². The van der Waals surface area contributed by atoms with E-state index >= 15 is 0 Å². The Bertz CT molecular complexity index is 344. The lowest BCUT2D eigenvalue weighted by molar-refractivity contribution is -0.0397. The molecule has 0 bridgehead atoms. The first kappa shape index (κ1) is 11.6. The van der Waals surface area contributed by atoms with E-state index in [4.69, 9.17) is 10.6 Å². The molecule has 90 valence electrons. The Hall–Kier alpha value is -0.910. The van der Waals surface area contributed by atoms with Crippen LogP contribution in [0.5, 0.6) is 0 Å². The Balaban J connectivity index is 2.31. The summed E-state index contributed by atoms with van der Waals surface area (Å²) in [5.41, 5.74) is 2.67. The molecule has 1 heterocycles. The molecule has 1 aliphatic carbocycles. The first-order chi connectivity index (χ1) is 7.73. The Morgan fingerprint density at radius 2 is 2.25 bits per heavy atom. The van der Waals surface area contributed by atoms with E-state index in [1.165, 1.54) is 12.8 Å². The molecule has 1 aliphatic rings. The number of nitrogens with zero attached hydrogens (tertiary/aromatic N) is 2. The van der Waals surface area contributed by atoms with Crippen LogP contribution in [-0.4, -0.2) is 22.3 Å². The number of rotatable bonds is 4. The highest BCUT2D eigenvalue weighted by Crippen LogP contribution is 2.41. The predicted molar refractivity (Wildman–Crippen MR) is 61.5 cm³/mol. The number of hydrogen-bond acceptors (Lipinski definition) is 4. The van der Waals surface area contributed by atoms with E-state index in [-0.39, 0.29) is 11.6 Å². The highest BCUT2D eigenvalue weighted by atomic mass is 16.5. The predicted octanol–water partition coefficient (Wildman–Crippen LogP) is 0.884. The summed E-state index contributed by atoms with van der Waals surface area (Å²) in [7, 11) is 3.74. The highest BCUT2D eigenvalue weighted by Gasteiger charge is 2.43. The number of aromatic nitrogens is 2. The fraction of sp³-hybridized carbons (Fsp3) is 0.727. The van der Waals surface area contributed by atoms with Crippen LogP contribution in [0.25, 0.3) is 0 Å². The van der Waals surface area contributed by atoms with Gasteiger partial charge in [-0.25, -0.2) is 10.4 Å². The van der Waals surface area contributed by atoms with Crippen LogP contribution in [0.3, 0.4) is 0 Å². The zero-order chi connectivity index (χ0) is 11.6. The summed E-state index contributed by atoms with van der Waals surface area (Å²) in [5.74, 6) is 6.63.